The van der Waals surface area contributed by atoms with Crippen LogP contribution in [0.3, 0.4) is 0 Å². The van der Waals surface area contributed by atoms with Gasteiger partial charge >= 0.3 is 11.9 Å². The number of likely N-dealkylation sites (tertiary alicyclic amines) is 2. The van der Waals surface area contributed by atoms with E-state index in [9.17, 15) is 32.3 Å². The van der Waals surface area contributed by atoms with E-state index in [2.05, 4.69) is 16.0 Å². The summed E-state index contributed by atoms with van der Waals surface area (Å²) in [6, 6.07) is 12.9. The number of rotatable bonds is 9. The van der Waals surface area contributed by atoms with Crippen LogP contribution >= 0.6 is 11.6 Å². The lowest BCUT2D eigenvalue weighted by Crippen LogP contribution is -2.49. The van der Waals surface area contributed by atoms with Gasteiger partial charge in [0.25, 0.3) is 11.6 Å². The third-order valence-corrected chi connectivity index (χ3v) is 8.56. The average Bonchev–Trinajstić information content (AvgIpc) is 3.46. The first-order chi connectivity index (χ1) is 23.2. The molecule has 0 aromatic heterocycles. The summed E-state index contributed by atoms with van der Waals surface area (Å²) in [4.78, 5) is 53.2. The maximum absolute atomic E-state index is 15.5. The Hall–Kier alpha value is -5.18. The number of urea groups is 1. The Labute approximate surface area is 283 Å². The monoisotopic (exact) mass is 702 g/mol. The summed E-state index contributed by atoms with van der Waals surface area (Å²) in [5, 5.41) is 14.0. The van der Waals surface area contributed by atoms with E-state index in [1.807, 2.05) is 0 Å². The van der Waals surface area contributed by atoms with Gasteiger partial charge in [0.05, 0.1) is 30.9 Å². The number of hydrogen-bond acceptors (Lipinski definition) is 5. The highest BCUT2D eigenvalue weighted by molar-refractivity contribution is 6.43. The van der Waals surface area contributed by atoms with Gasteiger partial charge in [-0.1, -0.05) is 41.9 Å². The van der Waals surface area contributed by atoms with Crippen molar-refractivity contribution in [2.75, 3.05) is 42.1 Å². The Morgan fingerprint density at radius 1 is 1.00 bits per heavy atom. The van der Waals surface area contributed by atoms with Gasteiger partial charge in [0.2, 0.25) is 11.8 Å². The lowest BCUT2D eigenvalue weighted by Gasteiger charge is -2.32. The Bertz CT molecular complexity index is 1810. The van der Waals surface area contributed by atoms with E-state index in [-0.39, 0.29) is 54.0 Å². The highest BCUT2D eigenvalue weighted by Crippen LogP contribution is 2.33. The number of nitrogens with two attached hydrogens (primary N) is 2. The lowest BCUT2D eigenvalue weighted by atomic mass is 10.0. The molecule has 0 aliphatic carbocycles. The third kappa shape index (κ3) is 8.11. The average molecular weight is 703 g/mol. The first-order valence-electron chi connectivity index (χ1n) is 15.3. The van der Waals surface area contributed by atoms with Crippen molar-refractivity contribution in [3.63, 3.8) is 0 Å². The molecule has 5 amide bonds. The van der Waals surface area contributed by atoms with E-state index >= 15 is 4.39 Å². The van der Waals surface area contributed by atoms with E-state index in [1.165, 1.54) is 36.4 Å². The Kier molecular flexibility index (Phi) is 10.4. The molecular weight excluding hydrogens is 670 g/mol. The molecule has 2 atom stereocenters. The molecule has 49 heavy (non-hydrogen) atoms. The van der Waals surface area contributed by atoms with Crippen molar-refractivity contribution in [2.24, 2.45) is 5.73 Å². The van der Waals surface area contributed by atoms with Gasteiger partial charge in [-0.15, -0.1) is 0 Å². The number of carbonyl (C=O) groups is 4. The van der Waals surface area contributed by atoms with Gasteiger partial charge in [-0.05, 0) is 36.8 Å². The second-order valence-corrected chi connectivity index (χ2v) is 12.1. The molecule has 0 spiro atoms. The summed E-state index contributed by atoms with van der Waals surface area (Å²) in [7, 11) is 0. The van der Waals surface area contributed by atoms with Gasteiger partial charge in [-0.3, -0.25) is 14.4 Å². The first-order valence-corrected chi connectivity index (χ1v) is 15.6. The van der Waals surface area contributed by atoms with E-state index in [0.717, 1.165) is 9.80 Å². The van der Waals surface area contributed by atoms with Gasteiger partial charge < -0.3 is 31.5 Å². The summed E-state index contributed by atoms with van der Waals surface area (Å²) >= 11 is 6.23. The summed E-state index contributed by atoms with van der Waals surface area (Å²) in [6.07, 6.45) is -2.05. The number of anilines is 3. The molecule has 2 aliphatic rings. The molecule has 16 heteroatoms. The van der Waals surface area contributed by atoms with Crippen molar-refractivity contribution < 1.29 is 42.1 Å². The van der Waals surface area contributed by atoms with Crippen LogP contribution in [0, 0.1) is 5.82 Å². The predicted molar refractivity (Wildman–Crippen MR) is 175 cm³/mol. The summed E-state index contributed by atoms with van der Waals surface area (Å²) in [5.74, 6) is -6.29. The van der Waals surface area contributed by atoms with Crippen molar-refractivity contribution in [2.45, 2.75) is 37.4 Å². The number of primary amides is 1. The number of benzene rings is 3. The number of nitrogens with zero attached hydrogens (tertiary/aromatic N) is 2. The third-order valence-electron chi connectivity index (χ3n) is 8.23. The van der Waals surface area contributed by atoms with E-state index in [1.54, 1.807) is 24.3 Å². The molecule has 5 rings (SSSR count). The van der Waals surface area contributed by atoms with Gasteiger partial charge in [-0.2, -0.15) is 0 Å². The SMILES string of the molecule is NC(=O)C(=[NH2+])c1cc(NC(=O)N2CCCC(F)(F)C2)ccc1NCC(=O)N1C[C@H](F)C[C@H]1C(=O)Nc1cccc(-c2ccccc2Cl)c1F. The number of hydrogen-bond donors (Lipinski definition) is 5. The number of carbonyl (C=O) groups excluding carboxylic acids is 4. The van der Waals surface area contributed by atoms with Crippen molar-refractivity contribution in [3.8, 4) is 11.1 Å². The highest BCUT2D eigenvalue weighted by Gasteiger charge is 2.40. The molecular formula is C33H33ClF4N7O4+. The molecule has 0 radical (unpaired) electrons. The Balaban J connectivity index is 1.28. The molecule has 11 nitrogen and oxygen atoms in total. The fraction of sp³-hybridized carbons (Fsp3) is 0.303. The van der Waals surface area contributed by atoms with Crippen LogP contribution in [0.15, 0.2) is 60.7 Å². The number of halogens is 5. The molecule has 2 heterocycles. The summed E-state index contributed by atoms with van der Waals surface area (Å²) in [6.45, 7) is -1.50. The molecule has 2 aliphatic heterocycles. The minimum absolute atomic E-state index is 0.00460. The second-order valence-electron chi connectivity index (χ2n) is 11.7. The number of amides is 5. The highest BCUT2D eigenvalue weighted by atomic mass is 35.5. The maximum atomic E-state index is 15.5. The minimum Gasteiger partial charge on any atom is -0.375 e. The standard InChI is InChI=1S/C33H32ClF4N7O4/c34-23-7-2-1-5-20(23)21-6-3-8-25(28(21)36)43-31(48)26-13-18(35)16-45(26)27(46)15-41-24-10-9-19(14-22(24)29(39)30(40)47)42-32(49)44-12-4-11-33(37,38)17-44/h1-3,5-10,14,18,26,39,41H,4,11-13,15-17H2,(H2,40,47)(H,42,49)(H,43,48)/p+1/t18-,26+/m1/s1. The molecule has 2 saturated heterocycles. The Morgan fingerprint density at radius 2 is 1.73 bits per heavy atom. The smallest absolute Gasteiger partial charge is 0.322 e. The van der Waals surface area contributed by atoms with Crippen LogP contribution < -0.4 is 27.1 Å². The molecule has 3 aromatic carbocycles. The first kappa shape index (κ1) is 35.1. The molecule has 2 fully saturated rings. The minimum atomic E-state index is -3.01. The van der Waals surface area contributed by atoms with Gasteiger partial charge in [0.1, 0.15) is 12.2 Å². The number of nitrogens with one attached hydrogen (secondary N) is 3. The quantitative estimate of drug-likeness (QED) is 0.170. The van der Waals surface area contributed by atoms with Gasteiger partial charge in [0, 0.05) is 46.9 Å². The molecule has 258 valence electrons. The largest absolute Gasteiger partial charge is 0.375 e. The lowest BCUT2D eigenvalue weighted by molar-refractivity contribution is -0.135. The summed E-state index contributed by atoms with van der Waals surface area (Å²) < 4.78 is 57.7. The second kappa shape index (κ2) is 14.5. The fourth-order valence-corrected chi connectivity index (χ4v) is 6.02. The van der Waals surface area contributed by atoms with E-state index < -0.39 is 73.1 Å². The van der Waals surface area contributed by atoms with Crippen LogP contribution in [0.4, 0.5) is 39.4 Å². The van der Waals surface area contributed by atoms with Gasteiger partial charge in [0.15, 0.2) is 5.82 Å². The van der Waals surface area contributed by atoms with Crippen LogP contribution in [-0.2, 0) is 14.4 Å². The Morgan fingerprint density at radius 3 is 2.45 bits per heavy atom. The van der Waals surface area contributed by atoms with Crippen LogP contribution in [0.2, 0.25) is 5.02 Å². The van der Waals surface area contributed by atoms with E-state index in [4.69, 9.17) is 22.7 Å². The molecule has 3 aromatic rings. The number of alkyl halides is 3. The zero-order chi connectivity index (χ0) is 35.5. The van der Waals surface area contributed by atoms with E-state index in [0.29, 0.717) is 10.6 Å². The maximum Gasteiger partial charge on any atom is 0.322 e. The molecule has 7 N–H and O–H groups in total. The topological polar surface area (TPSA) is 162 Å². The van der Waals surface area contributed by atoms with Crippen molar-refractivity contribution in [3.05, 3.63) is 77.1 Å². The molecule has 0 bridgehead atoms. The fourth-order valence-electron chi connectivity index (χ4n) is 5.79. The zero-order valence-corrected chi connectivity index (χ0v) is 26.7. The molecule has 0 unspecified atom stereocenters. The van der Waals surface area contributed by atoms with Crippen LogP contribution in [0.1, 0.15) is 24.8 Å². The predicted octanol–water partition coefficient (Wildman–Crippen LogP) is 3.43. The van der Waals surface area contributed by atoms with Crippen LogP contribution in [-0.4, -0.2) is 83.6 Å². The zero-order valence-electron chi connectivity index (χ0n) is 25.9. The summed E-state index contributed by atoms with van der Waals surface area (Å²) in [5.41, 5.74) is 5.54. The van der Waals surface area contributed by atoms with Crippen molar-refractivity contribution >= 4 is 58.1 Å². The normalized spacial score (nSPS) is 18.5. The van der Waals surface area contributed by atoms with Crippen LogP contribution in [0.5, 0.6) is 0 Å². The van der Waals surface area contributed by atoms with Crippen molar-refractivity contribution in [1.29, 1.82) is 0 Å². The number of piperidine rings is 1. The van der Waals surface area contributed by atoms with Crippen LogP contribution in [0.25, 0.3) is 11.1 Å². The molecule has 0 saturated carbocycles. The van der Waals surface area contributed by atoms with Crippen molar-refractivity contribution in [1.82, 2.24) is 9.80 Å². The van der Waals surface area contributed by atoms with Gasteiger partial charge in [-0.25, -0.2) is 27.8 Å².